The number of fused-ring (bicyclic) bond motifs is 2. The van der Waals surface area contributed by atoms with Crippen molar-refractivity contribution in [2.75, 3.05) is 60.5 Å². The number of rotatable bonds is 4. The Kier molecular flexibility index (Phi) is 5.76. The summed E-state index contributed by atoms with van der Waals surface area (Å²) in [6, 6.07) is 1.77. The molecule has 0 bridgehead atoms. The van der Waals surface area contributed by atoms with Crippen molar-refractivity contribution in [2.45, 2.75) is 38.6 Å². The van der Waals surface area contributed by atoms with Gasteiger partial charge in [0.2, 0.25) is 5.91 Å². The fraction of sp³-hybridized carbons (Fsp3) is 0.545. The van der Waals surface area contributed by atoms with Crippen LogP contribution in [0.2, 0.25) is 0 Å². The van der Waals surface area contributed by atoms with Crippen LogP contribution in [-0.4, -0.2) is 93.9 Å². The number of piperazine rings is 2. The van der Waals surface area contributed by atoms with Crippen molar-refractivity contribution in [1.29, 1.82) is 0 Å². The molecule has 2 saturated heterocycles. The number of halogens is 1. The Morgan fingerprint density at radius 3 is 2.85 bits per heavy atom. The van der Waals surface area contributed by atoms with Gasteiger partial charge in [0.25, 0.3) is 5.91 Å². The highest BCUT2D eigenvalue weighted by atomic mass is 19.1. The lowest BCUT2D eigenvalue weighted by molar-refractivity contribution is -0.144. The molecule has 0 aliphatic carbocycles. The summed E-state index contributed by atoms with van der Waals surface area (Å²) in [5.41, 5.74) is 7.48. The largest absolute Gasteiger partial charge is 0.381 e. The Balaban J connectivity index is 1.37. The quantitative estimate of drug-likeness (QED) is 0.593. The zero-order chi connectivity index (χ0) is 24.0. The molecule has 0 spiro atoms. The minimum absolute atomic E-state index is 0.0368. The zero-order valence-corrected chi connectivity index (χ0v) is 19.4. The van der Waals surface area contributed by atoms with Gasteiger partial charge in [-0.1, -0.05) is 0 Å². The molecule has 0 saturated carbocycles. The van der Waals surface area contributed by atoms with E-state index in [4.69, 9.17) is 5.73 Å². The van der Waals surface area contributed by atoms with Gasteiger partial charge in [-0.2, -0.15) is 5.10 Å². The SMILES string of the molecule is CC(C)N1CCN2CCN(c3ccncc3NC(=O)c3c(N)nn4c3NCC(F)C4)CC2C1=O. The molecule has 5 rings (SSSR count). The number of alkyl halides is 1. The van der Waals surface area contributed by atoms with E-state index >= 15 is 0 Å². The molecular formula is C22H30FN9O2. The molecule has 2 unspecified atom stereocenters. The fourth-order valence-corrected chi connectivity index (χ4v) is 5.01. The first kappa shape index (κ1) is 22.4. The normalized spacial score (nSPS) is 22.9. The first-order valence-corrected chi connectivity index (χ1v) is 11.6. The lowest BCUT2D eigenvalue weighted by atomic mass is 10.0. The maximum absolute atomic E-state index is 13.7. The van der Waals surface area contributed by atoms with Crippen molar-refractivity contribution in [1.82, 2.24) is 24.6 Å². The Morgan fingerprint density at radius 2 is 2.06 bits per heavy atom. The fourth-order valence-electron chi connectivity index (χ4n) is 5.01. The smallest absolute Gasteiger partial charge is 0.263 e. The third kappa shape index (κ3) is 3.91. The zero-order valence-electron chi connectivity index (χ0n) is 19.4. The lowest BCUT2D eigenvalue weighted by Gasteiger charge is -2.48. The predicted molar refractivity (Wildman–Crippen MR) is 127 cm³/mol. The monoisotopic (exact) mass is 471 g/mol. The molecule has 11 nitrogen and oxygen atoms in total. The molecule has 12 heteroatoms. The molecule has 34 heavy (non-hydrogen) atoms. The number of nitrogens with zero attached hydrogens (tertiary/aromatic N) is 6. The summed E-state index contributed by atoms with van der Waals surface area (Å²) < 4.78 is 15.1. The second kappa shape index (κ2) is 8.75. The summed E-state index contributed by atoms with van der Waals surface area (Å²) >= 11 is 0. The minimum Gasteiger partial charge on any atom is -0.381 e. The maximum atomic E-state index is 13.7. The number of amides is 2. The third-order valence-corrected chi connectivity index (χ3v) is 6.77. The van der Waals surface area contributed by atoms with Crippen LogP contribution in [0.5, 0.6) is 0 Å². The average Bonchev–Trinajstić information content (AvgIpc) is 3.14. The second-order valence-electron chi connectivity index (χ2n) is 9.24. The van der Waals surface area contributed by atoms with Crippen LogP contribution in [0.4, 0.5) is 27.4 Å². The molecule has 4 N–H and O–H groups in total. The predicted octanol–water partition coefficient (Wildman–Crippen LogP) is 0.617. The van der Waals surface area contributed by atoms with E-state index in [2.05, 4.69) is 30.5 Å². The first-order chi connectivity index (χ1) is 16.3. The van der Waals surface area contributed by atoms with Gasteiger partial charge < -0.3 is 26.2 Å². The van der Waals surface area contributed by atoms with Crippen LogP contribution in [-0.2, 0) is 11.3 Å². The number of pyridine rings is 1. The molecule has 2 aromatic rings. The van der Waals surface area contributed by atoms with Gasteiger partial charge in [-0.3, -0.25) is 19.5 Å². The standard InChI is InChI=1S/C22H30FN9O2/c1-13(2)31-8-7-29-5-6-30(12-17(29)22(31)34)16-3-4-25-10-15(16)27-21(33)18-19(24)28-32-11-14(23)9-26-20(18)32/h3-4,10,13-14,17,26H,5-9,11-12H2,1-2H3,(H2,24,28)(H,27,33). The van der Waals surface area contributed by atoms with Gasteiger partial charge in [-0.25, -0.2) is 9.07 Å². The van der Waals surface area contributed by atoms with Crippen LogP contribution in [0.3, 0.4) is 0 Å². The average molecular weight is 472 g/mol. The highest BCUT2D eigenvalue weighted by molar-refractivity contribution is 6.12. The highest BCUT2D eigenvalue weighted by Crippen LogP contribution is 2.31. The molecule has 2 atom stereocenters. The van der Waals surface area contributed by atoms with Crippen molar-refractivity contribution in [2.24, 2.45) is 0 Å². The van der Waals surface area contributed by atoms with Crippen LogP contribution in [0, 0.1) is 0 Å². The summed E-state index contributed by atoms with van der Waals surface area (Å²) in [6.45, 7) is 7.84. The highest BCUT2D eigenvalue weighted by Gasteiger charge is 2.40. The van der Waals surface area contributed by atoms with Crippen LogP contribution >= 0.6 is 0 Å². The second-order valence-corrected chi connectivity index (χ2v) is 9.24. The number of nitrogen functional groups attached to an aromatic ring is 1. The maximum Gasteiger partial charge on any atom is 0.263 e. The van der Waals surface area contributed by atoms with Crippen molar-refractivity contribution < 1.29 is 14.0 Å². The van der Waals surface area contributed by atoms with Gasteiger partial charge in [-0.15, -0.1) is 0 Å². The molecule has 2 aromatic heterocycles. The lowest BCUT2D eigenvalue weighted by Crippen LogP contribution is -2.65. The number of nitrogens with two attached hydrogens (primary N) is 1. The van der Waals surface area contributed by atoms with Gasteiger partial charge in [0.1, 0.15) is 23.6 Å². The summed E-state index contributed by atoms with van der Waals surface area (Å²) in [5.74, 6) is 0.137. The molecular weight excluding hydrogens is 441 g/mol. The molecule has 3 aliphatic rings. The van der Waals surface area contributed by atoms with Gasteiger partial charge in [0.05, 0.1) is 24.1 Å². The number of carbonyl (C=O) groups is 2. The van der Waals surface area contributed by atoms with E-state index in [1.165, 1.54) is 4.68 Å². The number of nitrogens with one attached hydrogen (secondary N) is 2. The molecule has 2 amide bonds. The molecule has 2 fully saturated rings. The molecule has 0 aromatic carbocycles. The Hall–Kier alpha value is -3.41. The van der Waals surface area contributed by atoms with Crippen LogP contribution in [0.15, 0.2) is 18.5 Å². The molecule has 5 heterocycles. The first-order valence-electron chi connectivity index (χ1n) is 11.6. The van der Waals surface area contributed by atoms with Gasteiger partial charge >= 0.3 is 0 Å². The summed E-state index contributed by atoms with van der Waals surface area (Å²) in [6.07, 6.45) is 2.15. The Morgan fingerprint density at radius 1 is 1.26 bits per heavy atom. The van der Waals surface area contributed by atoms with E-state index in [9.17, 15) is 14.0 Å². The van der Waals surface area contributed by atoms with Crippen molar-refractivity contribution in [3.63, 3.8) is 0 Å². The van der Waals surface area contributed by atoms with E-state index < -0.39 is 12.1 Å². The molecule has 3 aliphatic heterocycles. The van der Waals surface area contributed by atoms with E-state index in [-0.39, 0.29) is 42.5 Å². The van der Waals surface area contributed by atoms with Crippen LogP contribution in [0.1, 0.15) is 24.2 Å². The Labute approximate surface area is 197 Å². The van der Waals surface area contributed by atoms with E-state index in [0.717, 1.165) is 31.9 Å². The topological polar surface area (TPSA) is 125 Å². The van der Waals surface area contributed by atoms with Gasteiger partial charge in [0.15, 0.2) is 5.82 Å². The third-order valence-electron chi connectivity index (χ3n) is 6.77. The van der Waals surface area contributed by atoms with Gasteiger partial charge in [0, 0.05) is 51.5 Å². The number of aromatic nitrogens is 3. The Bertz CT molecular complexity index is 1100. The van der Waals surface area contributed by atoms with Gasteiger partial charge in [-0.05, 0) is 19.9 Å². The number of hydrogen-bond donors (Lipinski definition) is 3. The van der Waals surface area contributed by atoms with E-state index in [1.54, 1.807) is 12.4 Å². The van der Waals surface area contributed by atoms with E-state index in [0.29, 0.717) is 18.1 Å². The van der Waals surface area contributed by atoms with Crippen molar-refractivity contribution in [3.8, 4) is 0 Å². The number of anilines is 4. The van der Waals surface area contributed by atoms with Crippen molar-refractivity contribution in [3.05, 3.63) is 24.0 Å². The van der Waals surface area contributed by atoms with Crippen molar-refractivity contribution >= 4 is 34.8 Å². The molecule has 0 radical (unpaired) electrons. The minimum atomic E-state index is -1.10. The van der Waals surface area contributed by atoms with Crippen LogP contribution in [0.25, 0.3) is 0 Å². The number of hydrogen-bond acceptors (Lipinski definition) is 8. The summed E-state index contributed by atoms with van der Waals surface area (Å²) in [5, 5.41) is 9.92. The van der Waals surface area contributed by atoms with E-state index in [1.807, 2.05) is 24.8 Å². The summed E-state index contributed by atoms with van der Waals surface area (Å²) in [7, 11) is 0. The van der Waals surface area contributed by atoms with Crippen LogP contribution < -0.4 is 21.3 Å². The summed E-state index contributed by atoms with van der Waals surface area (Å²) in [4.78, 5) is 36.8. The number of carbonyl (C=O) groups excluding carboxylic acids is 2. The molecule has 182 valence electrons.